The standard InChI is InChI=1S/C17H32N2S/c1-4-6-9-15(5-2)12-18-16-19-17(13-20-16)10-7-8-14(3)11-17/h14-15H,4-13H2,1-3H3,(H,18,19). The summed E-state index contributed by atoms with van der Waals surface area (Å²) in [6.45, 7) is 8.01. The summed E-state index contributed by atoms with van der Waals surface area (Å²) in [6, 6.07) is 0. The highest BCUT2D eigenvalue weighted by atomic mass is 32.2. The minimum Gasteiger partial charge on any atom is -0.359 e. The normalized spacial score (nSPS) is 33.5. The van der Waals surface area contributed by atoms with Crippen LogP contribution in [0.15, 0.2) is 4.99 Å². The van der Waals surface area contributed by atoms with Gasteiger partial charge in [0.05, 0.1) is 0 Å². The van der Waals surface area contributed by atoms with Gasteiger partial charge >= 0.3 is 0 Å². The molecule has 3 atom stereocenters. The van der Waals surface area contributed by atoms with Gasteiger partial charge in [-0.2, -0.15) is 0 Å². The van der Waals surface area contributed by atoms with E-state index in [9.17, 15) is 0 Å². The Hall–Kier alpha value is -0.180. The van der Waals surface area contributed by atoms with E-state index >= 15 is 0 Å². The summed E-state index contributed by atoms with van der Waals surface area (Å²) in [4.78, 5) is 4.89. The van der Waals surface area contributed by atoms with Crippen LogP contribution in [0.3, 0.4) is 0 Å². The Bertz CT molecular complexity index is 329. The summed E-state index contributed by atoms with van der Waals surface area (Å²) >= 11 is 1.96. The van der Waals surface area contributed by atoms with Crippen LogP contribution in [0.2, 0.25) is 0 Å². The maximum atomic E-state index is 4.89. The maximum absolute atomic E-state index is 4.89. The highest BCUT2D eigenvalue weighted by Gasteiger charge is 2.40. The molecule has 1 spiro atoms. The number of hydrogen-bond acceptors (Lipinski definition) is 2. The first kappa shape index (κ1) is 16.2. The van der Waals surface area contributed by atoms with E-state index in [4.69, 9.17) is 4.99 Å². The zero-order chi connectivity index (χ0) is 14.4. The van der Waals surface area contributed by atoms with Gasteiger partial charge in [0.15, 0.2) is 5.17 Å². The largest absolute Gasteiger partial charge is 0.359 e. The molecule has 2 rings (SSSR count). The van der Waals surface area contributed by atoms with Gasteiger partial charge in [0, 0.05) is 17.8 Å². The van der Waals surface area contributed by atoms with Gasteiger partial charge < -0.3 is 5.32 Å². The number of hydrogen-bond donors (Lipinski definition) is 1. The molecule has 116 valence electrons. The molecule has 0 aromatic heterocycles. The summed E-state index contributed by atoms with van der Waals surface area (Å²) in [7, 11) is 0. The molecule has 20 heavy (non-hydrogen) atoms. The minimum absolute atomic E-state index is 0.381. The molecular weight excluding hydrogens is 264 g/mol. The molecule has 3 unspecified atom stereocenters. The van der Waals surface area contributed by atoms with Gasteiger partial charge in [-0.15, -0.1) is 0 Å². The predicted molar refractivity (Wildman–Crippen MR) is 91.6 cm³/mol. The number of amidine groups is 1. The monoisotopic (exact) mass is 296 g/mol. The van der Waals surface area contributed by atoms with E-state index in [1.165, 1.54) is 62.3 Å². The fourth-order valence-corrected chi connectivity index (χ4v) is 4.83. The van der Waals surface area contributed by atoms with Crippen molar-refractivity contribution in [2.24, 2.45) is 16.8 Å². The van der Waals surface area contributed by atoms with E-state index in [-0.39, 0.29) is 0 Å². The van der Waals surface area contributed by atoms with E-state index in [0.29, 0.717) is 5.54 Å². The molecule has 1 aliphatic heterocycles. The lowest BCUT2D eigenvalue weighted by Gasteiger charge is -2.36. The average Bonchev–Trinajstić information content (AvgIpc) is 2.81. The third-order valence-corrected chi connectivity index (χ3v) is 6.19. The second-order valence-electron chi connectivity index (χ2n) is 6.96. The smallest absolute Gasteiger partial charge is 0.157 e. The lowest BCUT2D eigenvalue weighted by Crippen LogP contribution is -2.47. The van der Waals surface area contributed by atoms with E-state index in [1.807, 2.05) is 11.8 Å². The highest BCUT2D eigenvalue weighted by Crippen LogP contribution is 2.38. The van der Waals surface area contributed by atoms with Gasteiger partial charge in [0.25, 0.3) is 0 Å². The van der Waals surface area contributed by atoms with Crippen LogP contribution in [0.1, 0.15) is 72.1 Å². The number of unbranched alkanes of at least 4 members (excludes halogenated alkanes) is 1. The lowest BCUT2D eigenvalue weighted by molar-refractivity contribution is 0.242. The molecule has 2 fully saturated rings. The van der Waals surface area contributed by atoms with Gasteiger partial charge in [-0.1, -0.05) is 64.6 Å². The molecule has 1 saturated carbocycles. The number of nitrogens with zero attached hydrogens (tertiary/aromatic N) is 1. The van der Waals surface area contributed by atoms with Gasteiger partial charge in [-0.05, 0) is 31.1 Å². The average molecular weight is 297 g/mol. The summed E-state index contributed by atoms with van der Waals surface area (Å²) in [5, 5.41) is 5.02. The molecular formula is C17H32N2S. The Morgan fingerprint density at radius 3 is 3.00 bits per heavy atom. The first-order valence-corrected chi connectivity index (χ1v) is 9.61. The van der Waals surface area contributed by atoms with Crippen molar-refractivity contribution in [2.75, 3.05) is 12.3 Å². The van der Waals surface area contributed by atoms with Crippen LogP contribution in [-0.2, 0) is 0 Å². The SMILES string of the molecule is CCCCC(CC)CN=C1NC2(CCCC(C)C2)CS1. The van der Waals surface area contributed by atoms with Crippen LogP contribution in [0.4, 0.5) is 0 Å². The second-order valence-corrected chi connectivity index (χ2v) is 7.92. The third-order valence-electron chi connectivity index (χ3n) is 4.99. The van der Waals surface area contributed by atoms with E-state index in [0.717, 1.165) is 18.4 Å². The Labute approximate surface area is 129 Å². The molecule has 2 aliphatic rings. The number of rotatable bonds is 6. The van der Waals surface area contributed by atoms with Crippen molar-refractivity contribution < 1.29 is 0 Å². The molecule has 0 aromatic rings. The van der Waals surface area contributed by atoms with Crippen molar-refractivity contribution >= 4 is 16.9 Å². The molecule has 3 heteroatoms. The molecule has 2 nitrogen and oxygen atoms in total. The molecule has 0 amide bonds. The van der Waals surface area contributed by atoms with Crippen LogP contribution in [0.5, 0.6) is 0 Å². The van der Waals surface area contributed by atoms with Crippen molar-refractivity contribution in [2.45, 2.75) is 77.7 Å². The van der Waals surface area contributed by atoms with Crippen molar-refractivity contribution in [1.29, 1.82) is 0 Å². The second kappa shape index (κ2) is 7.72. The lowest BCUT2D eigenvalue weighted by atomic mass is 9.78. The number of thioether (sulfide) groups is 1. The van der Waals surface area contributed by atoms with Crippen molar-refractivity contribution in [3.63, 3.8) is 0 Å². The van der Waals surface area contributed by atoms with Crippen LogP contribution >= 0.6 is 11.8 Å². The summed E-state index contributed by atoms with van der Waals surface area (Å²) in [5.41, 5.74) is 0.381. The van der Waals surface area contributed by atoms with Crippen molar-refractivity contribution in [3.8, 4) is 0 Å². The van der Waals surface area contributed by atoms with Crippen LogP contribution in [-0.4, -0.2) is 23.0 Å². The van der Waals surface area contributed by atoms with Crippen LogP contribution < -0.4 is 5.32 Å². The molecule has 1 saturated heterocycles. The zero-order valence-electron chi connectivity index (χ0n) is 13.6. The van der Waals surface area contributed by atoms with Crippen LogP contribution in [0, 0.1) is 11.8 Å². The van der Waals surface area contributed by atoms with Gasteiger partial charge in [-0.25, -0.2) is 0 Å². The van der Waals surface area contributed by atoms with Crippen molar-refractivity contribution in [3.05, 3.63) is 0 Å². The third kappa shape index (κ3) is 4.41. The molecule has 1 N–H and O–H groups in total. The molecule has 0 bridgehead atoms. The molecule has 0 aromatic carbocycles. The maximum Gasteiger partial charge on any atom is 0.157 e. The summed E-state index contributed by atoms with van der Waals surface area (Å²) < 4.78 is 0. The molecule has 0 radical (unpaired) electrons. The zero-order valence-corrected chi connectivity index (χ0v) is 14.4. The topological polar surface area (TPSA) is 24.4 Å². The molecule has 1 heterocycles. The minimum atomic E-state index is 0.381. The Morgan fingerprint density at radius 2 is 2.30 bits per heavy atom. The van der Waals surface area contributed by atoms with Crippen molar-refractivity contribution in [1.82, 2.24) is 5.32 Å². The summed E-state index contributed by atoms with van der Waals surface area (Å²) in [5.74, 6) is 2.90. The Balaban J connectivity index is 1.83. The number of nitrogens with one attached hydrogen (secondary N) is 1. The Morgan fingerprint density at radius 1 is 1.45 bits per heavy atom. The van der Waals surface area contributed by atoms with Crippen LogP contribution in [0.25, 0.3) is 0 Å². The molecule has 1 aliphatic carbocycles. The first-order valence-electron chi connectivity index (χ1n) is 8.63. The highest BCUT2D eigenvalue weighted by molar-refractivity contribution is 8.14. The fraction of sp³-hybridized carbons (Fsp3) is 0.941. The first-order chi connectivity index (χ1) is 9.67. The summed E-state index contributed by atoms with van der Waals surface area (Å²) in [6.07, 6.45) is 10.8. The Kier molecular flexibility index (Phi) is 6.25. The van der Waals surface area contributed by atoms with E-state index < -0.39 is 0 Å². The quantitative estimate of drug-likeness (QED) is 0.758. The van der Waals surface area contributed by atoms with Gasteiger partial charge in [0.2, 0.25) is 0 Å². The van der Waals surface area contributed by atoms with E-state index in [1.54, 1.807) is 0 Å². The van der Waals surface area contributed by atoms with Gasteiger partial charge in [-0.3, -0.25) is 4.99 Å². The van der Waals surface area contributed by atoms with E-state index in [2.05, 4.69) is 26.1 Å². The fourth-order valence-electron chi connectivity index (χ4n) is 3.62. The number of aliphatic imine (C=N–C) groups is 1. The van der Waals surface area contributed by atoms with Gasteiger partial charge in [0.1, 0.15) is 0 Å². The predicted octanol–water partition coefficient (Wildman–Crippen LogP) is 4.84.